The van der Waals surface area contributed by atoms with Crippen molar-refractivity contribution in [2.45, 2.75) is 86.7 Å². The molecule has 4 bridgehead atoms. The highest BCUT2D eigenvalue weighted by Crippen LogP contribution is 2.77. The van der Waals surface area contributed by atoms with E-state index in [1.165, 1.54) is 0 Å². The molecule has 5 heteroatoms. The zero-order valence-corrected chi connectivity index (χ0v) is 24.1. The minimum atomic E-state index is -1.94. The van der Waals surface area contributed by atoms with Gasteiger partial charge in [-0.25, -0.2) is 0 Å². The lowest BCUT2D eigenvalue weighted by atomic mass is 9.37. The van der Waals surface area contributed by atoms with Crippen molar-refractivity contribution >= 4 is 23.1 Å². The molecule has 0 aliphatic heterocycles. The molecule has 0 aromatic heterocycles. The van der Waals surface area contributed by atoms with Gasteiger partial charge in [-0.2, -0.15) is 0 Å². The van der Waals surface area contributed by atoms with Crippen molar-refractivity contribution in [3.63, 3.8) is 0 Å². The summed E-state index contributed by atoms with van der Waals surface area (Å²) >= 11 is 0. The van der Waals surface area contributed by atoms with E-state index < -0.39 is 50.0 Å². The number of benzene rings is 1. The number of Topliss-reactive ketones (excluding diaryl/α,β-unsaturated/α-hetero) is 4. The summed E-state index contributed by atoms with van der Waals surface area (Å²) in [5.41, 5.74) is -6.16. The molecule has 1 N–H and O–H groups in total. The van der Waals surface area contributed by atoms with Crippen LogP contribution in [0.4, 0.5) is 0 Å². The maximum absolute atomic E-state index is 15.3. The highest BCUT2D eigenvalue weighted by atomic mass is 16.3. The Morgan fingerprint density at radius 2 is 1.58 bits per heavy atom. The zero-order chi connectivity index (χ0) is 28.3. The molecule has 0 amide bonds. The van der Waals surface area contributed by atoms with Crippen LogP contribution >= 0.6 is 0 Å². The van der Waals surface area contributed by atoms with E-state index in [9.17, 15) is 19.5 Å². The molecule has 5 saturated carbocycles. The molecule has 5 nitrogen and oxygen atoms in total. The summed E-state index contributed by atoms with van der Waals surface area (Å²) in [6, 6.07) is 8.65. The van der Waals surface area contributed by atoms with Gasteiger partial charge < -0.3 is 5.11 Å². The molecule has 1 spiro atoms. The lowest BCUT2D eigenvalue weighted by molar-refractivity contribution is -0.181. The van der Waals surface area contributed by atoms with Crippen LogP contribution in [0, 0.1) is 44.8 Å². The van der Waals surface area contributed by atoms with Crippen LogP contribution in [-0.2, 0) is 14.4 Å². The summed E-state index contributed by atoms with van der Waals surface area (Å²) in [6.07, 6.45) is 3.25. The summed E-state index contributed by atoms with van der Waals surface area (Å²) in [7, 11) is 0. The third-order valence-corrected chi connectivity index (χ3v) is 11.5. The van der Waals surface area contributed by atoms with Gasteiger partial charge in [-0.3, -0.25) is 19.2 Å². The summed E-state index contributed by atoms with van der Waals surface area (Å²) in [6.45, 7) is 15.3. The van der Waals surface area contributed by atoms with Crippen LogP contribution in [0.2, 0.25) is 0 Å². The van der Waals surface area contributed by atoms with E-state index in [4.69, 9.17) is 0 Å². The fraction of sp³-hybridized carbons (Fsp3) is 0.636. The van der Waals surface area contributed by atoms with Crippen molar-refractivity contribution < 1.29 is 24.3 Å². The summed E-state index contributed by atoms with van der Waals surface area (Å²) in [4.78, 5) is 59.8. The Morgan fingerprint density at radius 3 is 2.13 bits per heavy atom. The number of hydrogen-bond acceptors (Lipinski definition) is 5. The van der Waals surface area contributed by atoms with Gasteiger partial charge in [0.1, 0.15) is 0 Å². The van der Waals surface area contributed by atoms with E-state index in [0.29, 0.717) is 18.4 Å². The number of carbonyl (C=O) groups is 4. The Balaban J connectivity index is 1.89. The minimum absolute atomic E-state index is 0.169. The van der Waals surface area contributed by atoms with Gasteiger partial charge >= 0.3 is 0 Å². The molecular weight excluding hydrogens is 476 g/mol. The lowest BCUT2D eigenvalue weighted by Crippen LogP contribution is -2.75. The van der Waals surface area contributed by atoms with Gasteiger partial charge in [0.15, 0.2) is 28.5 Å². The SMILES string of the molecule is CC(C)=CCC12C[C@H]3C[C@@H]4C(C)(C)[C@@H](C(C)(C)O)C[C@]4(C1=O)C(=O)[C@@](C(=O)c1ccccc1)(C2=O)C3(C)C. The van der Waals surface area contributed by atoms with Crippen molar-refractivity contribution in [3.8, 4) is 0 Å². The van der Waals surface area contributed by atoms with Crippen molar-refractivity contribution in [3.05, 3.63) is 47.5 Å². The number of rotatable bonds is 5. The van der Waals surface area contributed by atoms with Crippen molar-refractivity contribution in [1.82, 2.24) is 0 Å². The molecule has 0 radical (unpaired) electrons. The van der Waals surface area contributed by atoms with Gasteiger partial charge in [0.05, 0.1) is 16.4 Å². The zero-order valence-electron chi connectivity index (χ0n) is 24.1. The highest BCUT2D eigenvalue weighted by Gasteiger charge is 2.86. The van der Waals surface area contributed by atoms with Crippen molar-refractivity contribution in [2.75, 3.05) is 0 Å². The average Bonchev–Trinajstić information content (AvgIpc) is 2.98. The smallest absolute Gasteiger partial charge is 0.184 e. The molecule has 0 heterocycles. The fourth-order valence-corrected chi connectivity index (χ4v) is 9.57. The standard InChI is InChI=1S/C33H42O5/c1-19(2)14-15-31-17-21-16-22-28(3,4)23(30(7,8)38)18-32(22,25(31)35)27(37)33(26(31)36,29(21,5)6)24(34)20-12-10-9-11-13-20/h9-14,21-23,38H,15-18H2,1-8H3/t21-,22-,23+,31?,32+,33-/m1/s1. The van der Waals surface area contributed by atoms with Gasteiger partial charge in [-0.05, 0) is 82.0 Å². The summed E-state index contributed by atoms with van der Waals surface area (Å²) < 4.78 is 0. The molecule has 6 rings (SSSR count). The molecule has 5 aliphatic carbocycles. The van der Waals surface area contributed by atoms with Gasteiger partial charge in [-0.15, -0.1) is 0 Å². The summed E-state index contributed by atoms with van der Waals surface area (Å²) in [5, 5.41) is 11.3. The van der Waals surface area contributed by atoms with E-state index in [1.807, 2.05) is 33.8 Å². The monoisotopic (exact) mass is 518 g/mol. The quantitative estimate of drug-likeness (QED) is 0.303. The van der Waals surface area contributed by atoms with Crippen LogP contribution < -0.4 is 0 Å². The maximum atomic E-state index is 15.3. The first-order valence-corrected chi connectivity index (χ1v) is 14.0. The van der Waals surface area contributed by atoms with Crippen LogP contribution in [0.3, 0.4) is 0 Å². The van der Waals surface area contributed by atoms with Gasteiger partial charge in [0.25, 0.3) is 0 Å². The van der Waals surface area contributed by atoms with E-state index in [0.717, 1.165) is 5.57 Å². The lowest BCUT2D eigenvalue weighted by Gasteiger charge is -2.60. The number of hydrogen-bond donors (Lipinski definition) is 1. The first-order chi connectivity index (χ1) is 17.4. The number of aliphatic hydroxyl groups is 1. The second kappa shape index (κ2) is 7.84. The van der Waals surface area contributed by atoms with Crippen LogP contribution in [0.15, 0.2) is 42.0 Å². The van der Waals surface area contributed by atoms with E-state index in [2.05, 4.69) is 13.8 Å². The molecule has 5 aliphatic rings. The second-order valence-corrected chi connectivity index (χ2v) is 14.6. The molecule has 204 valence electrons. The number of allylic oxidation sites excluding steroid dienone is 2. The van der Waals surface area contributed by atoms with E-state index in [-0.39, 0.29) is 36.4 Å². The second-order valence-electron chi connectivity index (χ2n) is 14.6. The fourth-order valence-electron chi connectivity index (χ4n) is 9.57. The van der Waals surface area contributed by atoms with Crippen molar-refractivity contribution in [1.29, 1.82) is 0 Å². The summed E-state index contributed by atoms with van der Waals surface area (Å²) in [5.74, 6) is -2.64. The average molecular weight is 519 g/mol. The molecule has 1 unspecified atom stereocenters. The number of ketones is 4. The Morgan fingerprint density at radius 1 is 0.974 bits per heavy atom. The topological polar surface area (TPSA) is 88.5 Å². The third-order valence-electron chi connectivity index (χ3n) is 11.5. The van der Waals surface area contributed by atoms with E-state index in [1.54, 1.807) is 44.2 Å². The molecule has 38 heavy (non-hydrogen) atoms. The van der Waals surface area contributed by atoms with Gasteiger partial charge in [-0.1, -0.05) is 69.7 Å². The largest absolute Gasteiger partial charge is 0.390 e. The first-order valence-electron chi connectivity index (χ1n) is 14.0. The predicted molar refractivity (Wildman–Crippen MR) is 145 cm³/mol. The van der Waals surface area contributed by atoms with E-state index >= 15 is 4.79 Å². The Bertz CT molecular complexity index is 1270. The maximum Gasteiger partial charge on any atom is 0.184 e. The normalized spacial score (nSPS) is 38.7. The molecule has 5 fully saturated rings. The Labute approximate surface area is 226 Å². The van der Waals surface area contributed by atoms with Gasteiger partial charge in [0, 0.05) is 5.56 Å². The highest BCUT2D eigenvalue weighted by molar-refractivity contribution is 6.42. The van der Waals surface area contributed by atoms with Crippen LogP contribution in [0.5, 0.6) is 0 Å². The molecular formula is C33H42O5. The van der Waals surface area contributed by atoms with Gasteiger partial charge in [0.2, 0.25) is 0 Å². The number of carbonyl (C=O) groups excluding carboxylic acids is 4. The third kappa shape index (κ3) is 2.92. The van der Waals surface area contributed by atoms with Crippen LogP contribution in [-0.4, -0.2) is 33.8 Å². The Hall–Kier alpha value is -2.40. The first kappa shape index (κ1) is 27.2. The Kier molecular flexibility index (Phi) is 5.60. The van der Waals surface area contributed by atoms with Crippen molar-refractivity contribution in [2.24, 2.45) is 44.8 Å². The van der Waals surface area contributed by atoms with Crippen LogP contribution in [0.1, 0.15) is 91.4 Å². The molecule has 6 atom stereocenters. The predicted octanol–water partition coefficient (Wildman–Crippen LogP) is 5.79. The molecule has 1 aromatic carbocycles. The molecule has 0 saturated heterocycles. The van der Waals surface area contributed by atoms with Crippen LogP contribution in [0.25, 0.3) is 0 Å². The minimum Gasteiger partial charge on any atom is -0.390 e. The molecule has 1 aromatic rings.